The van der Waals surface area contributed by atoms with Gasteiger partial charge in [0.05, 0.1) is 6.20 Å². The molecule has 0 aliphatic carbocycles. The molecular weight excluding hydrogens is 236 g/mol. The molecule has 0 spiro atoms. The van der Waals surface area contributed by atoms with Gasteiger partial charge >= 0.3 is 5.91 Å². The summed E-state index contributed by atoms with van der Waals surface area (Å²) in [6.07, 6.45) is 1.50. The van der Waals surface area contributed by atoms with Gasteiger partial charge in [-0.3, -0.25) is 4.79 Å². The Morgan fingerprint density at radius 3 is 3.00 bits per heavy atom. The summed E-state index contributed by atoms with van der Waals surface area (Å²) < 4.78 is 5.71. The van der Waals surface area contributed by atoms with Crippen LogP contribution in [0.25, 0.3) is 0 Å². The summed E-state index contributed by atoms with van der Waals surface area (Å²) in [7, 11) is 0. The lowest BCUT2D eigenvalue weighted by atomic mass is 10.5. The quantitative estimate of drug-likeness (QED) is 0.880. The van der Waals surface area contributed by atoms with Crippen molar-refractivity contribution in [1.82, 2.24) is 10.3 Å². The summed E-state index contributed by atoms with van der Waals surface area (Å²) in [6.45, 7) is 5.67. The maximum atomic E-state index is 11.2. The van der Waals surface area contributed by atoms with Crippen molar-refractivity contribution in [3.05, 3.63) is 28.9 Å². The van der Waals surface area contributed by atoms with Crippen LogP contribution in [0.4, 0.5) is 0 Å². The van der Waals surface area contributed by atoms with Gasteiger partial charge < -0.3 is 9.73 Å². The van der Waals surface area contributed by atoms with E-state index in [0.717, 1.165) is 0 Å². The van der Waals surface area contributed by atoms with Crippen LogP contribution in [-0.4, -0.2) is 17.4 Å². The molecule has 70 valence electrons. The Morgan fingerprint density at radius 2 is 2.54 bits per heavy atom. The highest BCUT2D eigenvalue weighted by Crippen LogP contribution is 2.02. The molecule has 0 unspecified atom stereocenters. The highest BCUT2D eigenvalue weighted by Gasteiger charge is 2.10. The van der Waals surface area contributed by atoms with Gasteiger partial charge in [0.15, 0.2) is 0 Å². The fourth-order valence-electron chi connectivity index (χ4n) is 0.711. The van der Waals surface area contributed by atoms with E-state index >= 15 is 0 Å². The highest BCUT2D eigenvalue weighted by atomic mass is 79.9. The van der Waals surface area contributed by atoms with Crippen LogP contribution in [0.1, 0.15) is 16.4 Å². The largest absolute Gasteiger partial charge is 0.438 e. The third-order valence-corrected chi connectivity index (χ3v) is 1.54. The van der Waals surface area contributed by atoms with Gasteiger partial charge in [-0.2, -0.15) is 0 Å². The average Bonchev–Trinajstić information content (AvgIpc) is 2.47. The molecule has 0 aliphatic rings. The standard InChI is InChI=1S/C8H9BrN2O2/c1-5(9)3-10-7(12)8-11-4-6(2)13-8/h4H,1,3H2,2H3,(H,10,12). The molecule has 0 saturated heterocycles. The van der Waals surface area contributed by atoms with Crippen molar-refractivity contribution in [3.8, 4) is 0 Å². The summed E-state index contributed by atoms with van der Waals surface area (Å²) in [6, 6.07) is 0. The average molecular weight is 245 g/mol. The summed E-state index contributed by atoms with van der Waals surface area (Å²) in [4.78, 5) is 15.0. The Balaban J connectivity index is 2.54. The van der Waals surface area contributed by atoms with Crippen molar-refractivity contribution in [2.45, 2.75) is 6.92 Å². The Labute approximate surface area is 84.2 Å². The van der Waals surface area contributed by atoms with E-state index in [1.165, 1.54) is 6.20 Å². The van der Waals surface area contributed by atoms with Crippen molar-refractivity contribution >= 4 is 21.8 Å². The number of nitrogens with one attached hydrogen (secondary N) is 1. The molecule has 0 fully saturated rings. The zero-order chi connectivity index (χ0) is 9.84. The Bertz CT molecular complexity index is 333. The molecule has 5 heteroatoms. The molecule has 0 bridgehead atoms. The molecular formula is C8H9BrN2O2. The maximum absolute atomic E-state index is 11.2. The number of nitrogens with zero attached hydrogens (tertiary/aromatic N) is 1. The molecule has 0 atom stereocenters. The minimum Gasteiger partial charge on any atom is -0.438 e. The Morgan fingerprint density at radius 1 is 1.85 bits per heavy atom. The smallest absolute Gasteiger partial charge is 0.307 e. The van der Waals surface area contributed by atoms with E-state index in [1.54, 1.807) is 6.92 Å². The Kier molecular flexibility index (Phi) is 3.25. The number of aromatic nitrogens is 1. The molecule has 4 nitrogen and oxygen atoms in total. The van der Waals surface area contributed by atoms with Crippen molar-refractivity contribution in [3.63, 3.8) is 0 Å². The first kappa shape index (κ1) is 9.98. The molecule has 0 aliphatic heterocycles. The molecule has 1 aromatic heterocycles. The van der Waals surface area contributed by atoms with Gasteiger partial charge in [0.1, 0.15) is 5.76 Å². The molecule has 1 N–H and O–H groups in total. The van der Waals surface area contributed by atoms with Gasteiger partial charge in [-0.25, -0.2) is 4.98 Å². The number of amides is 1. The SMILES string of the molecule is C=C(Br)CNC(=O)c1ncc(C)o1. The fraction of sp³-hybridized carbons (Fsp3) is 0.250. The van der Waals surface area contributed by atoms with Crippen LogP contribution in [0.15, 0.2) is 21.7 Å². The predicted molar refractivity (Wildman–Crippen MR) is 51.6 cm³/mol. The number of oxazole rings is 1. The van der Waals surface area contributed by atoms with Crippen molar-refractivity contribution in [2.24, 2.45) is 0 Å². The van der Waals surface area contributed by atoms with Gasteiger partial charge in [-0.05, 0) is 6.92 Å². The second-order valence-corrected chi connectivity index (χ2v) is 3.60. The van der Waals surface area contributed by atoms with Crippen LogP contribution in [0.5, 0.6) is 0 Å². The number of aryl methyl sites for hydroxylation is 1. The first-order valence-electron chi connectivity index (χ1n) is 3.63. The lowest BCUT2D eigenvalue weighted by Gasteiger charge is -1.98. The first-order valence-corrected chi connectivity index (χ1v) is 4.43. The first-order chi connectivity index (χ1) is 6.09. The minimum absolute atomic E-state index is 0.0752. The van der Waals surface area contributed by atoms with E-state index in [2.05, 4.69) is 32.8 Å². The van der Waals surface area contributed by atoms with Crippen LogP contribution in [0, 0.1) is 6.92 Å². The molecule has 1 aromatic rings. The topological polar surface area (TPSA) is 55.1 Å². The van der Waals surface area contributed by atoms with E-state index in [9.17, 15) is 4.79 Å². The van der Waals surface area contributed by atoms with E-state index < -0.39 is 0 Å². The highest BCUT2D eigenvalue weighted by molar-refractivity contribution is 9.11. The van der Waals surface area contributed by atoms with Gasteiger partial charge in [0.2, 0.25) is 0 Å². The molecule has 1 amide bonds. The predicted octanol–water partition coefficient (Wildman–Crippen LogP) is 1.62. The summed E-state index contributed by atoms with van der Waals surface area (Å²) in [5.41, 5.74) is 0. The molecule has 1 heterocycles. The second kappa shape index (κ2) is 4.23. The van der Waals surface area contributed by atoms with Crippen LogP contribution in [0.2, 0.25) is 0 Å². The third-order valence-electron chi connectivity index (χ3n) is 1.26. The van der Waals surface area contributed by atoms with E-state index in [1.807, 2.05) is 0 Å². The monoisotopic (exact) mass is 244 g/mol. The van der Waals surface area contributed by atoms with Gasteiger partial charge in [-0.15, -0.1) is 0 Å². The molecule has 13 heavy (non-hydrogen) atoms. The number of carbonyl (C=O) groups is 1. The van der Waals surface area contributed by atoms with Gasteiger partial charge in [0.25, 0.3) is 5.89 Å². The zero-order valence-corrected chi connectivity index (χ0v) is 8.72. The van der Waals surface area contributed by atoms with E-state index in [0.29, 0.717) is 16.8 Å². The van der Waals surface area contributed by atoms with Crippen molar-refractivity contribution in [2.75, 3.05) is 6.54 Å². The van der Waals surface area contributed by atoms with Crippen molar-refractivity contribution < 1.29 is 9.21 Å². The normalized spacial score (nSPS) is 9.69. The Hall–Kier alpha value is -1.10. The van der Waals surface area contributed by atoms with Crippen LogP contribution >= 0.6 is 15.9 Å². The summed E-state index contributed by atoms with van der Waals surface area (Å²) >= 11 is 3.12. The fourth-order valence-corrected chi connectivity index (χ4v) is 0.852. The minimum atomic E-state index is -0.339. The molecule has 0 aromatic carbocycles. The number of carbonyl (C=O) groups excluding carboxylic acids is 1. The summed E-state index contributed by atoms with van der Waals surface area (Å²) in [5.74, 6) is 0.350. The van der Waals surface area contributed by atoms with Gasteiger partial charge in [-0.1, -0.05) is 22.5 Å². The van der Waals surface area contributed by atoms with Gasteiger partial charge in [0, 0.05) is 11.0 Å². The lowest BCUT2D eigenvalue weighted by Crippen LogP contribution is -2.24. The number of halogens is 1. The van der Waals surface area contributed by atoms with Crippen molar-refractivity contribution in [1.29, 1.82) is 0 Å². The zero-order valence-electron chi connectivity index (χ0n) is 7.13. The van der Waals surface area contributed by atoms with Crippen LogP contribution in [0.3, 0.4) is 0 Å². The number of hydrogen-bond donors (Lipinski definition) is 1. The molecule has 1 rings (SSSR count). The third kappa shape index (κ3) is 3.02. The van der Waals surface area contributed by atoms with Crippen LogP contribution < -0.4 is 5.32 Å². The molecule has 0 radical (unpaired) electrons. The summed E-state index contributed by atoms with van der Waals surface area (Å²) in [5, 5.41) is 2.57. The number of hydrogen-bond acceptors (Lipinski definition) is 3. The number of rotatable bonds is 3. The van der Waals surface area contributed by atoms with E-state index in [-0.39, 0.29) is 11.8 Å². The second-order valence-electron chi connectivity index (χ2n) is 2.48. The van der Waals surface area contributed by atoms with Crippen LogP contribution in [-0.2, 0) is 0 Å². The molecule has 0 saturated carbocycles. The van der Waals surface area contributed by atoms with E-state index in [4.69, 9.17) is 4.42 Å². The lowest BCUT2D eigenvalue weighted by molar-refractivity contribution is 0.0922. The maximum Gasteiger partial charge on any atom is 0.307 e.